The van der Waals surface area contributed by atoms with E-state index in [1.54, 1.807) is 0 Å². The van der Waals surface area contributed by atoms with Crippen molar-refractivity contribution in [2.75, 3.05) is 4.90 Å². The van der Waals surface area contributed by atoms with Gasteiger partial charge >= 0.3 is 5.97 Å². The van der Waals surface area contributed by atoms with E-state index in [1.165, 1.54) is 12.1 Å². The molecule has 0 heterocycles. The summed E-state index contributed by atoms with van der Waals surface area (Å²) in [5, 5.41) is 9.20. The second-order valence-electron chi connectivity index (χ2n) is 4.57. The molecule has 1 atom stereocenters. The van der Waals surface area contributed by atoms with Crippen molar-refractivity contribution in [2.45, 2.75) is 26.3 Å². The maximum atomic E-state index is 13.8. The van der Waals surface area contributed by atoms with E-state index in [0.717, 1.165) is 11.0 Å². The van der Waals surface area contributed by atoms with Crippen molar-refractivity contribution in [3.8, 4) is 0 Å². The smallest absolute Gasteiger partial charge is 0.326 e. The van der Waals surface area contributed by atoms with E-state index in [2.05, 4.69) is 0 Å². The number of carboxylic acid groups (broad SMARTS) is 1. The first-order valence-corrected chi connectivity index (χ1v) is 6.16. The second kappa shape index (κ2) is 6.52. The number of benzene rings is 1. The molecule has 0 aliphatic rings. The normalized spacial score (nSPS) is 12.3. The lowest BCUT2D eigenvalue weighted by Crippen LogP contribution is -2.42. The van der Waals surface area contributed by atoms with Gasteiger partial charge in [0.2, 0.25) is 6.41 Å². The highest BCUT2D eigenvalue weighted by atomic mass is 35.5. The zero-order chi connectivity index (χ0) is 14.6. The van der Waals surface area contributed by atoms with Gasteiger partial charge in [0.05, 0.1) is 10.7 Å². The van der Waals surface area contributed by atoms with Crippen LogP contribution in [0.25, 0.3) is 0 Å². The van der Waals surface area contributed by atoms with Gasteiger partial charge < -0.3 is 5.11 Å². The van der Waals surface area contributed by atoms with Crippen LogP contribution in [0.4, 0.5) is 10.1 Å². The van der Waals surface area contributed by atoms with Crippen LogP contribution in [0, 0.1) is 11.7 Å². The Morgan fingerprint density at radius 2 is 2.16 bits per heavy atom. The van der Waals surface area contributed by atoms with Crippen LogP contribution in [-0.4, -0.2) is 23.5 Å². The second-order valence-corrected chi connectivity index (χ2v) is 4.97. The summed E-state index contributed by atoms with van der Waals surface area (Å²) in [6, 6.07) is 2.78. The Hall–Kier alpha value is -1.62. The minimum atomic E-state index is -1.19. The summed E-state index contributed by atoms with van der Waals surface area (Å²) in [5.74, 6) is -1.89. The molecule has 0 radical (unpaired) electrons. The molecule has 0 fully saturated rings. The zero-order valence-corrected chi connectivity index (χ0v) is 11.4. The minimum absolute atomic E-state index is 0.00195. The lowest BCUT2D eigenvalue weighted by atomic mass is 10.0. The Morgan fingerprint density at radius 1 is 1.53 bits per heavy atom. The number of nitrogens with zero attached hydrogens (tertiary/aromatic N) is 1. The Balaban J connectivity index is 3.24. The summed E-state index contributed by atoms with van der Waals surface area (Å²) < 4.78 is 13.8. The molecule has 1 N–H and O–H groups in total. The van der Waals surface area contributed by atoms with Gasteiger partial charge in [-0.25, -0.2) is 9.18 Å². The largest absolute Gasteiger partial charge is 0.480 e. The van der Waals surface area contributed by atoms with Crippen LogP contribution < -0.4 is 4.90 Å². The molecule has 0 spiro atoms. The Morgan fingerprint density at radius 3 is 2.58 bits per heavy atom. The Bertz CT molecular complexity index is 459. The summed E-state index contributed by atoms with van der Waals surface area (Å²) in [6.45, 7) is 3.64. The fourth-order valence-electron chi connectivity index (χ4n) is 1.80. The molecular weight excluding hydrogens is 273 g/mol. The van der Waals surface area contributed by atoms with Crippen molar-refractivity contribution in [3.05, 3.63) is 29.0 Å². The van der Waals surface area contributed by atoms with Crippen molar-refractivity contribution in [1.82, 2.24) is 0 Å². The minimum Gasteiger partial charge on any atom is -0.480 e. The fraction of sp³-hybridized carbons (Fsp3) is 0.385. The van der Waals surface area contributed by atoms with Crippen molar-refractivity contribution < 1.29 is 19.1 Å². The molecule has 0 aromatic heterocycles. The third-order valence-corrected chi connectivity index (χ3v) is 2.93. The Kier molecular flexibility index (Phi) is 5.30. The van der Waals surface area contributed by atoms with E-state index in [4.69, 9.17) is 11.6 Å². The average Bonchev–Trinajstić information content (AvgIpc) is 2.31. The number of hydrogen-bond acceptors (Lipinski definition) is 2. The summed E-state index contributed by atoms with van der Waals surface area (Å²) in [4.78, 5) is 23.3. The van der Waals surface area contributed by atoms with E-state index < -0.39 is 17.8 Å². The zero-order valence-electron chi connectivity index (χ0n) is 10.6. The molecule has 1 amide bonds. The highest BCUT2D eigenvalue weighted by Gasteiger charge is 2.29. The number of carboxylic acids is 1. The van der Waals surface area contributed by atoms with Crippen LogP contribution in [-0.2, 0) is 9.59 Å². The lowest BCUT2D eigenvalue weighted by molar-refractivity contribution is -0.139. The molecule has 0 aliphatic heterocycles. The quantitative estimate of drug-likeness (QED) is 0.819. The fourth-order valence-corrected chi connectivity index (χ4v) is 2.06. The third kappa shape index (κ3) is 3.67. The van der Waals surface area contributed by atoms with Gasteiger partial charge in [0.1, 0.15) is 11.9 Å². The number of para-hydroxylation sites is 1. The van der Waals surface area contributed by atoms with Crippen LogP contribution in [0.3, 0.4) is 0 Å². The molecule has 4 nitrogen and oxygen atoms in total. The van der Waals surface area contributed by atoms with Crippen LogP contribution in [0.1, 0.15) is 20.3 Å². The molecule has 104 valence electrons. The predicted octanol–water partition coefficient (Wildman–Crippen LogP) is 2.94. The van der Waals surface area contributed by atoms with E-state index in [-0.39, 0.29) is 23.0 Å². The van der Waals surface area contributed by atoms with Gasteiger partial charge in [-0.05, 0) is 24.5 Å². The molecule has 0 saturated heterocycles. The van der Waals surface area contributed by atoms with Crippen molar-refractivity contribution in [1.29, 1.82) is 0 Å². The molecule has 0 aliphatic carbocycles. The number of rotatable bonds is 6. The highest BCUT2D eigenvalue weighted by molar-refractivity contribution is 6.33. The number of anilines is 1. The molecular formula is C13H15ClFNO3. The summed E-state index contributed by atoms with van der Waals surface area (Å²) in [5.41, 5.74) is -0.202. The Labute approximate surface area is 115 Å². The van der Waals surface area contributed by atoms with Crippen LogP contribution in [0.2, 0.25) is 5.02 Å². The molecule has 1 aromatic carbocycles. The number of carbonyl (C=O) groups is 2. The number of carbonyl (C=O) groups excluding carboxylic acids is 1. The molecule has 19 heavy (non-hydrogen) atoms. The maximum Gasteiger partial charge on any atom is 0.326 e. The summed E-state index contributed by atoms with van der Waals surface area (Å²) in [7, 11) is 0. The number of amides is 1. The molecule has 0 bridgehead atoms. The van der Waals surface area contributed by atoms with E-state index in [9.17, 15) is 19.1 Å². The van der Waals surface area contributed by atoms with Gasteiger partial charge in [-0.15, -0.1) is 0 Å². The van der Waals surface area contributed by atoms with Gasteiger partial charge in [0.15, 0.2) is 0 Å². The number of halogens is 2. The van der Waals surface area contributed by atoms with Gasteiger partial charge in [-0.1, -0.05) is 31.5 Å². The van der Waals surface area contributed by atoms with E-state index in [0.29, 0.717) is 6.41 Å². The topological polar surface area (TPSA) is 57.6 Å². The lowest BCUT2D eigenvalue weighted by Gasteiger charge is -2.27. The number of aliphatic carboxylic acids is 1. The summed E-state index contributed by atoms with van der Waals surface area (Å²) in [6.07, 6.45) is 0.504. The molecule has 1 aromatic rings. The third-order valence-electron chi connectivity index (χ3n) is 2.62. The van der Waals surface area contributed by atoms with Crippen molar-refractivity contribution in [3.63, 3.8) is 0 Å². The first-order valence-electron chi connectivity index (χ1n) is 5.79. The molecule has 6 heteroatoms. The maximum absolute atomic E-state index is 13.8. The first kappa shape index (κ1) is 15.4. The predicted molar refractivity (Wildman–Crippen MR) is 70.8 cm³/mol. The van der Waals surface area contributed by atoms with Crippen molar-refractivity contribution >= 4 is 29.7 Å². The van der Waals surface area contributed by atoms with Gasteiger partial charge in [-0.3, -0.25) is 9.69 Å². The van der Waals surface area contributed by atoms with Crippen LogP contribution >= 0.6 is 11.6 Å². The van der Waals surface area contributed by atoms with E-state index >= 15 is 0 Å². The first-order chi connectivity index (χ1) is 8.88. The summed E-state index contributed by atoms with van der Waals surface area (Å²) >= 11 is 5.85. The monoisotopic (exact) mass is 287 g/mol. The molecule has 1 rings (SSSR count). The van der Waals surface area contributed by atoms with Crippen LogP contribution in [0.15, 0.2) is 18.2 Å². The standard InChI is InChI=1S/C13H15ClFNO3/c1-8(2)6-11(13(18)19)16(7-17)12-9(14)4-3-5-10(12)15/h3-5,7-8,11H,6H2,1-2H3,(H,18,19). The molecule has 0 saturated carbocycles. The molecule has 1 unspecified atom stereocenters. The van der Waals surface area contributed by atoms with Gasteiger partial charge in [0.25, 0.3) is 0 Å². The van der Waals surface area contributed by atoms with Gasteiger partial charge in [0, 0.05) is 0 Å². The SMILES string of the molecule is CC(C)CC(C(=O)O)N(C=O)c1c(F)cccc1Cl. The number of hydrogen-bond donors (Lipinski definition) is 1. The van der Waals surface area contributed by atoms with E-state index in [1.807, 2.05) is 13.8 Å². The van der Waals surface area contributed by atoms with Crippen molar-refractivity contribution in [2.24, 2.45) is 5.92 Å². The van der Waals surface area contributed by atoms with Crippen LogP contribution in [0.5, 0.6) is 0 Å². The van der Waals surface area contributed by atoms with Gasteiger partial charge in [-0.2, -0.15) is 0 Å². The highest BCUT2D eigenvalue weighted by Crippen LogP contribution is 2.30. The average molecular weight is 288 g/mol.